The van der Waals surface area contributed by atoms with Gasteiger partial charge in [-0.1, -0.05) is 42.6 Å². The molecule has 124 valence electrons. The van der Waals surface area contributed by atoms with Crippen LogP contribution < -0.4 is 4.74 Å². The molecule has 1 aromatic carbocycles. The monoisotopic (exact) mass is 351 g/mol. The second-order valence-electron chi connectivity index (χ2n) is 6.02. The predicted octanol–water partition coefficient (Wildman–Crippen LogP) is 4.72. The Morgan fingerprint density at radius 3 is 2.65 bits per heavy atom. The number of thioether (sulfide) groups is 1. The Morgan fingerprint density at radius 1 is 1.17 bits per heavy atom. The first-order valence-electron chi connectivity index (χ1n) is 8.12. The van der Waals surface area contributed by atoms with Crippen LogP contribution in [-0.4, -0.2) is 20.5 Å². The number of hydrogen-bond donors (Lipinski definition) is 0. The molecule has 0 N–H and O–H groups in total. The van der Waals surface area contributed by atoms with E-state index in [1.54, 1.807) is 0 Å². The molecule has 0 spiro atoms. The minimum Gasteiger partial charge on any atom is -0.486 e. The minimum absolute atomic E-state index is 0.412. The van der Waals surface area contributed by atoms with Crippen LogP contribution in [0.25, 0.3) is 0 Å². The lowest BCUT2D eigenvalue weighted by Gasteiger charge is -2.20. The fraction of sp³-hybridized carbons (Fsp3) is 0.529. The van der Waals surface area contributed by atoms with Crippen LogP contribution in [0.4, 0.5) is 0 Å². The quantitative estimate of drug-likeness (QED) is 0.706. The summed E-state index contributed by atoms with van der Waals surface area (Å²) in [5.41, 5.74) is 0. The van der Waals surface area contributed by atoms with Gasteiger partial charge in [0.1, 0.15) is 12.4 Å². The van der Waals surface area contributed by atoms with E-state index in [-0.39, 0.29) is 0 Å². The van der Waals surface area contributed by atoms with Gasteiger partial charge in [0.25, 0.3) is 0 Å². The summed E-state index contributed by atoms with van der Waals surface area (Å²) >= 11 is 7.69. The molecule has 0 aliphatic heterocycles. The van der Waals surface area contributed by atoms with Crippen molar-refractivity contribution in [2.75, 3.05) is 5.75 Å². The molecular formula is C17H22ClN3OS. The lowest BCUT2D eigenvalue weighted by atomic mass is 9.91. The van der Waals surface area contributed by atoms with Crippen LogP contribution in [0, 0.1) is 5.92 Å². The van der Waals surface area contributed by atoms with E-state index >= 15 is 0 Å². The van der Waals surface area contributed by atoms with Crippen molar-refractivity contribution in [3.63, 3.8) is 0 Å². The highest BCUT2D eigenvalue weighted by Gasteiger charge is 2.16. The zero-order chi connectivity index (χ0) is 16.1. The minimum atomic E-state index is 0.412. The van der Waals surface area contributed by atoms with E-state index in [2.05, 4.69) is 10.2 Å². The summed E-state index contributed by atoms with van der Waals surface area (Å²) in [5.74, 6) is 3.60. The van der Waals surface area contributed by atoms with E-state index in [1.165, 1.54) is 32.1 Å². The van der Waals surface area contributed by atoms with E-state index in [0.717, 1.165) is 28.4 Å². The van der Waals surface area contributed by atoms with Crippen LogP contribution in [0.3, 0.4) is 0 Å². The Bertz CT molecular complexity index is 623. The Labute approximate surface area is 146 Å². The number of benzene rings is 1. The van der Waals surface area contributed by atoms with Crippen molar-refractivity contribution < 1.29 is 4.74 Å². The molecule has 1 fully saturated rings. The van der Waals surface area contributed by atoms with E-state index < -0.39 is 0 Å². The molecule has 1 aliphatic rings. The first-order valence-corrected chi connectivity index (χ1v) is 9.48. The number of nitrogens with zero attached hydrogens (tertiary/aromatic N) is 3. The van der Waals surface area contributed by atoms with Crippen LogP contribution in [-0.2, 0) is 13.7 Å². The molecule has 1 saturated carbocycles. The van der Waals surface area contributed by atoms with Crippen LogP contribution in [0.1, 0.15) is 37.9 Å². The molecule has 0 bridgehead atoms. The summed E-state index contributed by atoms with van der Waals surface area (Å²) in [7, 11) is 2.00. The van der Waals surface area contributed by atoms with E-state index in [9.17, 15) is 0 Å². The zero-order valence-corrected chi connectivity index (χ0v) is 14.9. The third-order valence-electron chi connectivity index (χ3n) is 4.28. The van der Waals surface area contributed by atoms with Crippen LogP contribution >= 0.6 is 23.4 Å². The first kappa shape index (κ1) is 16.7. The largest absolute Gasteiger partial charge is 0.486 e. The lowest BCUT2D eigenvalue weighted by molar-refractivity contribution is 0.290. The fourth-order valence-corrected chi connectivity index (χ4v) is 4.06. The van der Waals surface area contributed by atoms with Crippen molar-refractivity contribution in [3.05, 3.63) is 35.1 Å². The first-order chi connectivity index (χ1) is 11.2. The topological polar surface area (TPSA) is 39.9 Å². The summed E-state index contributed by atoms with van der Waals surface area (Å²) in [6.45, 7) is 0.412. The fourth-order valence-electron chi connectivity index (χ4n) is 2.82. The Morgan fingerprint density at radius 2 is 1.91 bits per heavy atom. The molecule has 0 unspecified atom stereocenters. The molecule has 0 amide bonds. The van der Waals surface area contributed by atoms with Gasteiger partial charge in [-0.3, -0.25) is 0 Å². The number of ether oxygens (including phenoxy) is 1. The maximum absolute atomic E-state index is 5.87. The Hall–Kier alpha value is -1.20. The number of rotatable bonds is 6. The molecule has 1 aromatic heterocycles. The van der Waals surface area contributed by atoms with Gasteiger partial charge < -0.3 is 9.30 Å². The van der Waals surface area contributed by atoms with Gasteiger partial charge >= 0.3 is 0 Å². The molecule has 0 saturated heterocycles. The van der Waals surface area contributed by atoms with Gasteiger partial charge in [0, 0.05) is 17.8 Å². The molecular weight excluding hydrogens is 330 g/mol. The summed E-state index contributed by atoms with van der Waals surface area (Å²) in [5, 5.41) is 10.2. The van der Waals surface area contributed by atoms with Gasteiger partial charge in [-0.25, -0.2) is 0 Å². The third-order valence-corrected chi connectivity index (χ3v) is 5.78. The van der Waals surface area contributed by atoms with Crippen LogP contribution in [0.2, 0.25) is 5.02 Å². The molecule has 2 aromatic rings. The van der Waals surface area contributed by atoms with E-state index in [4.69, 9.17) is 16.3 Å². The van der Waals surface area contributed by atoms with Crippen molar-refractivity contribution in [2.45, 2.75) is 43.9 Å². The summed E-state index contributed by atoms with van der Waals surface area (Å²) < 4.78 is 7.78. The molecule has 3 rings (SSSR count). The average molecular weight is 352 g/mol. The van der Waals surface area contributed by atoms with Gasteiger partial charge in [0.15, 0.2) is 11.0 Å². The predicted molar refractivity (Wildman–Crippen MR) is 94.1 cm³/mol. The molecule has 1 heterocycles. The van der Waals surface area contributed by atoms with Crippen molar-refractivity contribution >= 4 is 23.4 Å². The molecule has 23 heavy (non-hydrogen) atoms. The molecule has 6 heteroatoms. The molecule has 1 aliphatic carbocycles. The lowest BCUT2D eigenvalue weighted by Crippen LogP contribution is -2.09. The van der Waals surface area contributed by atoms with Crippen molar-refractivity contribution in [3.8, 4) is 5.75 Å². The van der Waals surface area contributed by atoms with Gasteiger partial charge in [0.05, 0.1) is 0 Å². The Kier molecular flexibility index (Phi) is 5.84. The highest BCUT2D eigenvalue weighted by atomic mass is 35.5. The van der Waals surface area contributed by atoms with Gasteiger partial charge in [-0.05, 0) is 43.0 Å². The summed E-state index contributed by atoms with van der Waals surface area (Å²) in [4.78, 5) is 0. The smallest absolute Gasteiger partial charge is 0.191 e. The zero-order valence-electron chi connectivity index (χ0n) is 13.4. The normalized spacial score (nSPS) is 15.7. The van der Waals surface area contributed by atoms with Gasteiger partial charge in [0.2, 0.25) is 0 Å². The second-order valence-corrected chi connectivity index (χ2v) is 7.44. The molecule has 4 nitrogen and oxygen atoms in total. The number of aromatic nitrogens is 3. The highest BCUT2D eigenvalue weighted by molar-refractivity contribution is 7.99. The highest BCUT2D eigenvalue weighted by Crippen LogP contribution is 2.29. The van der Waals surface area contributed by atoms with Gasteiger partial charge in [-0.2, -0.15) is 0 Å². The van der Waals surface area contributed by atoms with E-state index in [1.807, 2.05) is 47.6 Å². The second kappa shape index (κ2) is 8.06. The molecule has 0 radical (unpaired) electrons. The van der Waals surface area contributed by atoms with E-state index in [0.29, 0.717) is 11.6 Å². The van der Waals surface area contributed by atoms with Crippen molar-refractivity contribution in [1.82, 2.24) is 14.8 Å². The maximum Gasteiger partial charge on any atom is 0.191 e. The standard InChI is InChI=1S/C17H22ClN3OS/c1-21-16(11-22-15-9-7-14(18)8-10-15)19-20-17(21)23-12-13-5-3-2-4-6-13/h7-10,13H,2-6,11-12H2,1H3. The average Bonchev–Trinajstić information content (AvgIpc) is 2.93. The SMILES string of the molecule is Cn1c(COc2ccc(Cl)cc2)nnc1SCC1CCCCC1. The summed E-state index contributed by atoms with van der Waals surface area (Å²) in [6, 6.07) is 7.35. The van der Waals surface area contributed by atoms with Crippen LogP contribution in [0.5, 0.6) is 5.75 Å². The number of hydrogen-bond acceptors (Lipinski definition) is 4. The Balaban J connectivity index is 1.52. The number of halogens is 1. The van der Waals surface area contributed by atoms with Crippen molar-refractivity contribution in [2.24, 2.45) is 13.0 Å². The maximum atomic E-state index is 5.87. The molecule has 0 atom stereocenters. The third kappa shape index (κ3) is 4.64. The van der Waals surface area contributed by atoms with Crippen molar-refractivity contribution in [1.29, 1.82) is 0 Å². The summed E-state index contributed by atoms with van der Waals surface area (Å²) in [6.07, 6.45) is 6.88. The van der Waals surface area contributed by atoms with Crippen LogP contribution in [0.15, 0.2) is 29.4 Å². The van der Waals surface area contributed by atoms with Gasteiger partial charge in [-0.15, -0.1) is 10.2 Å².